The lowest BCUT2D eigenvalue weighted by atomic mass is 10.1. The van der Waals surface area contributed by atoms with Crippen LogP contribution in [0.25, 0.3) is 22.5 Å². The topological polar surface area (TPSA) is 50.7 Å². The number of pyridine rings is 1. The molecule has 146 valence electrons. The molecule has 2 heterocycles. The first-order valence-corrected chi connectivity index (χ1v) is 7.97. The van der Waals surface area contributed by atoms with Crippen molar-refractivity contribution >= 4 is 17.4 Å². The van der Waals surface area contributed by atoms with Crippen molar-refractivity contribution in [3.63, 3.8) is 0 Å². The van der Waals surface area contributed by atoms with E-state index in [-0.39, 0.29) is 5.82 Å². The van der Waals surface area contributed by atoms with Gasteiger partial charge in [-0.2, -0.15) is 13.2 Å². The maximum atomic E-state index is 14.2. The molecule has 0 bridgehead atoms. The van der Waals surface area contributed by atoms with E-state index in [0.29, 0.717) is 17.7 Å². The van der Waals surface area contributed by atoms with Crippen molar-refractivity contribution in [2.75, 3.05) is 11.9 Å². The van der Waals surface area contributed by atoms with Gasteiger partial charge in [0.2, 0.25) is 0 Å². The van der Waals surface area contributed by atoms with Crippen LogP contribution in [0.2, 0.25) is 5.15 Å². The first kappa shape index (κ1) is 19.9. The van der Waals surface area contributed by atoms with Gasteiger partial charge >= 0.3 is 6.18 Å². The molecular formula is C17H9ClF6N4. The molecule has 3 rings (SSSR count). The van der Waals surface area contributed by atoms with Gasteiger partial charge in [-0.05, 0) is 12.1 Å². The second-order valence-electron chi connectivity index (χ2n) is 5.51. The van der Waals surface area contributed by atoms with E-state index in [0.717, 1.165) is 0 Å². The summed E-state index contributed by atoms with van der Waals surface area (Å²) < 4.78 is 79.6. The van der Waals surface area contributed by atoms with Gasteiger partial charge in [0.05, 0.1) is 11.1 Å². The Bertz CT molecular complexity index is 988. The summed E-state index contributed by atoms with van der Waals surface area (Å²) in [5, 5.41) is 1.45. The Balaban J connectivity index is 2.21. The molecule has 0 amide bonds. The first-order chi connectivity index (χ1) is 13.2. The van der Waals surface area contributed by atoms with Crippen LogP contribution in [0.3, 0.4) is 0 Å². The van der Waals surface area contributed by atoms with E-state index < -0.39 is 52.3 Å². The lowest BCUT2D eigenvalue weighted by Gasteiger charge is -2.16. The fraction of sp³-hybridized carbons (Fsp3) is 0.118. The molecule has 0 unspecified atom stereocenters. The van der Waals surface area contributed by atoms with Crippen molar-refractivity contribution < 1.29 is 26.3 Å². The third-order valence-electron chi connectivity index (χ3n) is 3.52. The number of nitrogens with zero attached hydrogens (tertiary/aromatic N) is 3. The number of hydrogen-bond acceptors (Lipinski definition) is 4. The largest absolute Gasteiger partial charge is 0.405 e. The number of nitrogens with one attached hydrogen (secondary N) is 1. The highest BCUT2D eigenvalue weighted by Crippen LogP contribution is 2.38. The molecule has 0 saturated heterocycles. The number of aromatic nitrogens is 3. The van der Waals surface area contributed by atoms with E-state index in [4.69, 9.17) is 11.6 Å². The van der Waals surface area contributed by atoms with Crippen molar-refractivity contribution in [2.45, 2.75) is 6.18 Å². The van der Waals surface area contributed by atoms with Gasteiger partial charge in [-0.25, -0.2) is 23.1 Å². The van der Waals surface area contributed by atoms with E-state index in [1.165, 1.54) is 24.5 Å². The zero-order valence-corrected chi connectivity index (χ0v) is 14.4. The molecule has 0 aliphatic carbocycles. The Hall–Kier alpha value is -2.88. The summed E-state index contributed by atoms with van der Waals surface area (Å²) in [5.74, 6) is -4.59. The number of hydrogen-bond donors (Lipinski definition) is 1. The zero-order chi connectivity index (χ0) is 20.5. The molecule has 0 radical (unpaired) electrons. The van der Waals surface area contributed by atoms with Crippen molar-refractivity contribution in [1.82, 2.24) is 15.0 Å². The van der Waals surface area contributed by atoms with E-state index in [1.807, 2.05) is 5.32 Å². The SMILES string of the molecule is Fc1cc(F)c(-c2c(Cl)nc(-c3ccncc3)nc2NCC(F)(F)F)c(F)c1. The summed E-state index contributed by atoms with van der Waals surface area (Å²) in [7, 11) is 0. The van der Waals surface area contributed by atoms with Crippen LogP contribution in [0.15, 0.2) is 36.7 Å². The summed E-state index contributed by atoms with van der Waals surface area (Å²) in [5.41, 5.74) is -1.05. The average molecular weight is 419 g/mol. The van der Waals surface area contributed by atoms with E-state index in [1.54, 1.807) is 0 Å². The molecule has 3 aromatic rings. The van der Waals surface area contributed by atoms with E-state index in [2.05, 4.69) is 15.0 Å². The van der Waals surface area contributed by atoms with Gasteiger partial charge < -0.3 is 5.32 Å². The van der Waals surface area contributed by atoms with Crippen molar-refractivity contribution in [2.24, 2.45) is 0 Å². The van der Waals surface area contributed by atoms with Gasteiger partial charge in [0.1, 0.15) is 35.0 Å². The number of rotatable bonds is 4. The van der Waals surface area contributed by atoms with Crippen LogP contribution in [0.4, 0.5) is 32.2 Å². The molecule has 1 aromatic carbocycles. The molecule has 4 nitrogen and oxygen atoms in total. The monoisotopic (exact) mass is 418 g/mol. The summed E-state index contributed by atoms with van der Waals surface area (Å²) in [6.45, 7) is -1.55. The predicted octanol–water partition coefficient (Wildman–Crippen LogP) is 5.25. The smallest absolute Gasteiger partial charge is 0.360 e. The van der Waals surface area contributed by atoms with E-state index in [9.17, 15) is 26.3 Å². The van der Waals surface area contributed by atoms with Crippen LogP contribution < -0.4 is 5.32 Å². The highest BCUT2D eigenvalue weighted by molar-refractivity contribution is 6.32. The molecule has 0 saturated carbocycles. The van der Waals surface area contributed by atoms with Crippen molar-refractivity contribution in [1.29, 1.82) is 0 Å². The molecule has 0 aliphatic rings. The molecule has 11 heteroatoms. The Kier molecular flexibility index (Phi) is 5.41. The lowest BCUT2D eigenvalue weighted by Crippen LogP contribution is -2.22. The standard InChI is InChI=1S/C17H9ClF6N4/c18-14-13(12-10(20)5-9(19)6-11(12)21)16(26-7-17(22,23)24)28-15(27-14)8-1-3-25-4-2-8/h1-6H,7H2,(H,26,27,28). The average Bonchev–Trinajstić information content (AvgIpc) is 2.60. The fourth-order valence-corrected chi connectivity index (χ4v) is 2.64. The van der Waals surface area contributed by atoms with E-state index >= 15 is 0 Å². The highest BCUT2D eigenvalue weighted by Gasteiger charge is 2.29. The summed E-state index contributed by atoms with van der Waals surface area (Å²) >= 11 is 6.04. The maximum Gasteiger partial charge on any atom is 0.405 e. The van der Waals surface area contributed by atoms with Crippen LogP contribution >= 0.6 is 11.6 Å². The number of benzene rings is 1. The molecule has 0 atom stereocenters. The maximum absolute atomic E-state index is 14.2. The van der Waals surface area contributed by atoms with Gasteiger partial charge in [0.15, 0.2) is 5.82 Å². The summed E-state index contributed by atoms with van der Waals surface area (Å²) in [4.78, 5) is 11.6. The minimum atomic E-state index is -4.65. The van der Waals surface area contributed by atoms with Crippen LogP contribution in [0, 0.1) is 17.5 Å². The molecule has 0 aliphatic heterocycles. The normalized spacial score (nSPS) is 11.5. The van der Waals surface area contributed by atoms with Crippen molar-refractivity contribution in [3.8, 4) is 22.5 Å². The molecule has 2 aromatic heterocycles. The molecule has 0 spiro atoms. The Morgan fingerprint density at radius 3 is 2.11 bits per heavy atom. The summed E-state index contributed by atoms with van der Waals surface area (Å²) in [6.07, 6.45) is -1.86. The number of alkyl halides is 3. The van der Waals surface area contributed by atoms with Gasteiger partial charge in [0, 0.05) is 30.1 Å². The predicted molar refractivity (Wildman–Crippen MR) is 90.1 cm³/mol. The zero-order valence-electron chi connectivity index (χ0n) is 13.7. The Morgan fingerprint density at radius 2 is 1.54 bits per heavy atom. The fourth-order valence-electron chi connectivity index (χ4n) is 2.38. The quantitative estimate of drug-likeness (QED) is 0.464. The lowest BCUT2D eigenvalue weighted by molar-refractivity contribution is -0.115. The Labute approximate surface area is 159 Å². The van der Waals surface area contributed by atoms with Gasteiger partial charge in [0.25, 0.3) is 0 Å². The number of anilines is 1. The van der Waals surface area contributed by atoms with Crippen LogP contribution in [0.5, 0.6) is 0 Å². The van der Waals surface area contributed by atoms with Crippen LogP contribution in [-0.4, -0.2) is 27.7 Å². The minimum Gasteiger partial charge on any atom is -0.360 e. The third kappa shape index (κ3) is 4.33. The van der Waals surface area contributed by atoms with Crippen LogP contribution in [-0.2, 0) is 0 Å². The first-order valence-electron chi connectivity index (χ1n) is 7.59. The molecular weight excluding hydrogens is 410 g/mol. The molecule has 1 N–H and O–H groups in total. The van der Waals surface area contributed by atoms with Crippen LogP contribution in [0.1, 0.15) is 0 Å². The Morgan fingerprint density at radius 1 is 0.929 bits per heavy atom. The molecule has 0 fully saturated rings. The van der Waals surface area contributed by atoms with Gasteiger partial charge in [-0.1, -0.05) is 11.6 Å². The third-order valence-corrected chi connectivity index (χ3v) is 3.79. The van der Waals surface area contributed by atoms with Gasteiger partial charge in [-0.15, -0.1) is 0 Å². The second-order valence-corrected chi connectivity index (χ2v) is 5.87. The highest BCUT2D eigenvalue weighted by atomic mass is 35.5. The van der Waals surface area contributed by atoms with Gasteiger partial charge in [-0.3, -0.25) is 4.98 Å². The van der Waals surface area contributed by atoms with Crippen molar-refractivity contribution in [3.05, 3.63) is 59.3 Å². The molecule has 28 heavy (non-hydrogen) atoms. The minimum absolute atomic E-state index is 0.0937. The second kappa shape index (κ2) is 7.63. The summed E-state index contributed by atoms with van der Waals surface area (Å²) in [6, 6.07) is 3.69. The number of halogens is 7.